The van der Waals surface area contributed by atoms with Crippen molar-refractivity contribution < 1.29 is 9.53 Å². The maximum Gasteiger partial charge on any atom is 0.220 e. The maximum absolute atomic E-state index is 12.1. The monoisotopic (exact) mass is 425 g/mol. The van der Waals surface area contributed by atoms with Gasteiger partial charge in [0.25, 0.3) is 0 Å². The van der Waals surface area contributed by atoms with E-state index in [4.69, 9.17) is 14.8 Å². The number of aryl methyl sites for hydroxylation is 2. The van der Waals surface area contributed by atoms with Crippen LogP contribution in [0.1, 0.15) is 67.7 Å². The van der Waals surface area contributed by atoms with E-state index in [0.29, 0.717) is 18.9 Å². The van der Waals surface area contributed by atoms with Crippen LogP contribution in [-0.4, -0.2) is 58.3 Å². The Morgan fingerprint density at radius 2 is 2.23 bits per heavy atom. The van der Waals surface area contributed by atoms with Crippen molar-refractivity contribution in [2.24, 2.45) is 0 Å². The summed E-state index contributed by atoms with van der Waals surface area (Å²) in [6.45, 7) is 10.6. The molecule has 0 bridgehead atoms. The second-order valence-electron chi connectivity index (χ2n) is 8.78. The zero-order valence-corrected chi connectivity index (χ0v) is 19.1. The molecule has 7 heteroatoms. The summed E-state index contributed by atoms with van der Waals surface area (Å²) in [5, 5.41) is 7.93. The van der Waals surface area contributed by atoms with E-state index < -0.39 is 0 Å². The molecule has 168 valence electrons. The summed E-state index contributed by atoms with van der Waals surface area (Å²) in [6, 6.07) is 2.47. The first-order valence-corrected chi connectivity index (χ1v) is 11.7. The van der Waals surface area contributed by atoms with Gasteiger partial charge in [0.05, 0.1) is 24.9 Å². The van der Waals surface area contributed by atoms with Crippen LogP contribution in [0.3, 0.4) is 0 Å². The zero-order valence-electron chi connectivity index (χ0n) is 19.1. The predicted molar refractivity (Wildman–Crippen MR) is 121 cm³/mol. The first-order valence-electron chi connectivity index (χ1n) is 11.7. The van der Waals surface area contributed by atoms with Gasteiger partial charge in [0.1, 0.15) is 0 Å². The lowest BCUT2D eigenvalue weighted by Gasteiger charge is -2.25. The van der Waals surface area contributed by atoms with Crippen LogP contribution < -0.4 is 5.32 Å². The third-order valence-electron chi connectivity index (χ3n) is 6.45. The summed E-state index contributed by atoms with van der Waals surface area (Å²) < 4.78 is 7.60. The second kappa shape index (κ2) is 9.92. The number of hydrogen-bond acceptors (Lipinski definition) is 5. The summed E-state index contributed by atoms with van der Waals surface area (Å²) in [7, 11) is 0. The molecule has 0 spiro atoms. The zero-order chi connectivity index (χ0) is 21.8. The van der Waals surface area contributed by atoms with E-state index in [2.05, 4.69) is 36.2 Å². The summed E-state index contributed by atoms with van der Waals surface area (Å²) >= 11 is 0. The van der Waals surface area contributed by atoms with Gasteiger partial charge in [0.15, 0.2) is 5.65 Å². The highest BCUT2D eigenvalue weighted by Crippen LogP contribution is 2.33. The molecule has 1 unspecified atom stereocenters. The predicted octanol–water partition coefficient (Wildman–Crippen LogP) is 3.29. The van der Waals surface area contributed by atoms with Crippen LogP contribution in [0.25, 0.3) is 5.65 Å². The number of amides is 1. The Balaban J connectivity index is 1.52. The van der Waals surface area contributed by atoms with Crippen molar-refractivity contribution in [2.45, 2.75) is 65.3 Å². The average molecular weight is 426 g/mol. The van der Waals surface area contributed by atoms with Crippen molar-refractivity contribution in [3.05, 3.63) is 40.4 Å². The van der Waals surface area contributed by atoms with Gasteiger partial charge < -0.3 is 10.1 Å². The fourth-order valence-electron chi connectivity index (χ4n) is 4.79. The Bertz CT molecular complexity index is 965. The molecule has 1 N–H and O–H groups in total. The third-order valence-corrected chi connectivity index (χ3v) is 6.45. The number of aromatic nitrogens is 3. The Hall–Kier alpha value is -2.25. The molecule has 2 aliphatic rings. The van der Waals surface area contributed by atoms with E-state index >= 15 is 0 Å². The second-order valence-corrected chi connectivity index (χ2v) is 8.78. The number of carbonyl (C=O) groups is 1. The highest BCUT2D eigenvalue weighted by molar-refractivity contribution is 5.76. The number of carbonyl (C=O) groups excluding carboxylic acids is 1. The normalized spacial score (nSPS) is 19.7. The van der Waals surface area contributed by atoms with Crippen molar-refractivity contribution >= 4 is 11.6 Å². The molecule has 1 saturated heterocycles. The minimum Gasteiger partial charge on any atom is -0.377 e. The van der Waals surface area contributed by atoms with Crippen LogP contribution in [0.2, 0.25) is 0 Å². The molecule has 0 aliphatic carbocycles. The number of rotatable bonds is 8. The molecular weight excluding hydrogens is 390 g/mol. The number of nitrogens with zero attached hydrogens (tertiary/aromatic N) is 4. The summed E-state index contributed by atoms with van der Waals surface area (Å²) in [5.41, 5.74) is 6.59. The molecule has 0 radical (unpaired) electrons. The van der Waals surface area contributed by atoms with E-state index in [0.717, 1.165) is 80.4 Å². The van der Waals surface area contributed by atoms with Crippen LogP contribution >= 0.6 is 0 Å². The molecule has 0 aromatic carbocycles. The SMILES string of the molecule is CCCNC(=O)CCc1c(C)nc2cc(C3CCCN3CC3=CCCOC3)nn2c1C. The molecule has 31 heavy (non-hydrogen) atoms. The molecule has 0 saturated carbocycles. The van der Waals surface area contributed by atoms with Crippen LogP contribution in [-0.2, 0) is 16.0 Å². The molecule has 4 heterocycles. The molecule has 1 fully saturated rings. The van der Waals surface area contributed by atoms with Gasteiger partial charge in [-0.15, -0.1) is 0 Å². The van der Waals surface area contributed by atoms with Crippen molar-refractivity contribution in [2.75, 3.05) is 32.8 Å². The largest absolute Gasteiger partial charge is 0.377 e. The topological polar surface area (TPSA) is 71.8 Å². The van der Waals surface area contributed by atoms with Gasteiger partial charge in [0.2, 0.25) is 5.91 Å². The minimum absolute atomic E-state index is 0.101. The van der Waals surface area contributed by atoms with Gasteiger partial charge in [0, 0.05) is 37.0 Å². The number of likely N-dealkylation sites (tertiary alicyclic amines) is 1. The lowest BCUT2D eigenvalue weighted by atomic mass is 10.1. The quantitative estimate of drug-likeness (QED) is 0.657. The Morgan fingerprint density at radius 1 is 1.35 bits per heavy atom. The van der Waals surface area contributed by atoms with Crippen LogP contribution in [0.15, 0.2) is 17.7 Å². The van der Waals surface area contributed by atoms with E-state index in [1.54, 1.807) is 0 Å². The highest BCUT2D eigenvalue weighted by atomic mass is 16.5. The van der Waals surface area contributed by atoms with Gasteiger partial charge in [-0.05, 0) is 63.6 Å². The fourth-order valence-corrected chi connectivity index (χ4v) is 4.79. The average Bonchev–Trinajstić information content (AvgIpc) is 3.39. The van der Waals surface area contributed by atoms with Crippen LogP contribution in [0.5, 0.6) is 0 Å². The van der Waals surface area contributed by atoms with Crippen molar-refractivity contribution in [3.63, 3.8) is 0 Å². The maximum atomic E-state index is 12.1. The molecule has 2 aliphatic heterocycles. The molecule has 7 nitrogen and oxygen atoms in total. The summed E-state index contributed by atoms with van der Waals surface area (Å²) in [6.07, 6.45) is 7.79. The number of ether oxygens (including phenoxy) is 1. The van der Waals surface area contributed by atoms with E-state index in [9.17, 15) is 4.79 Å². The van der Waals surface area contributed by atoms with E-state index in [1.807, 2.05) is 11.4 Å². The first kappa shape index (κ1) is 22.0. The molecular formula is C24H35N5O2. The van der Waals surface area contributed by atoms with Crippen LogP contribution in [0, 0.1) is 13.8 Å². The lowest BCUT2D eigenvalue weighted by molar-refractivity contribution is -0.121. The summed E-state index contributed by atoms with van der Waals surface area (Å²) in [4.78, 5) is 19.4. The van der Waals surface area contributed by atoms with Gasteiger partial charge in [-0.25, -0.2) is 9.50 Å². The van der Waals surface area contributed by atoms with Gasteiger partial charge >= 0.3 is 0 Å². The highest BCUT2D eigenvalue weighted by Gasteiger charge is 2.29. The molecule has 1 atom stereocenters. The molecule has 2 aromatic rings. The van der Waals surface area contributed by atoms with E-state index in [1.165, 1.54) is 12.0 Å². The van der Waals surface area contributed by atoms with Gasteiger partial charge in [-0.2, -0.15) is 5.10 Å². The standard InChI is InChI=1S/C24H35N5O2/c1-4-11-25-24(30)10-9-20-17(2)26-23-14-21(27-29(23)18(20)3)22-8-5-12-28(22)15-19-7-6-13-31-16-19/h7,14,22H,4-6,8-13,15-16H2,1-3H3,(H,25,30). The van der Waals surface area contributed by atoms with Crippen molar-refractivity contribution in [3.8, 4) is 0 Å². The van der Waals surface area contributed by atoms with E-state index in [-0.39, 0.29) is 5.91 Å². The third kappa shape index (κ3) is 4.99. The Kier molecular flexibility index (Phi) is 7.02. The number of hydrogen-bond donors (Lipinski definition) is 1. The Labute approximate surface area is 184 Å². The summed E-state index contributed by atoms with van der Waals surface area (Å²) in [5.74, 6) is 0.101. The molecule has 4 rings (SSSR count). The first-order chi connectivity index (χ1) is 15.1. The van der Waals surface area contributed by atoms with Gasteiger partial charge in [-0.3, -0.25) is 9.69 Å². The Morgan fingerprint density at radius 3 is 3.00 bits per heavy atom. The van der Waals surface area contributed by atoms with Crippen LogP contribution in [0.4, 0.5) is 0 Å². The van der Waals surface area contributed by atoms with Gasteiger partial charge in [-0.1, -0.05) is 13.0 Å². The number of fused-ring (bicyclic) bond motifs is 1. The molecule has 2 aromatic heterocycles. The lowest BCUT2D eigenvalue weighted by Crippen LogP contribution is -2.28. The van der Waals surface area contributed by atoms with Crippen molar-refractivity contribution in [1.82, 2.24) is 24.8 Å². The molecule has 1 amide bonds. The number of nitrogens with one attached hydrogen (secondary N) is 1. The minimum atomic E-state index is 0.101. The fraction of sp³-hybridized carbons (Fsp3) is 0.625. The smallest absolute Gasteiger partial charge is 0.220 e. The van der Waals surface area contributed by atoms with Crippen molar-refractivity contribution in [1.29, 1.82) is 0 Å².